The minimum Gasteiger partial charge on any atom is -0.376 e. The summed E-state index contributed by atoms with van der Waals surface area (Å²) in [5, 5.41) is 10.7. The van der Waals surface area contributed by atoms with Crippen molar-refractivity contribution in [1.82, 2.24) is 10.6 Å². The Morgan fingerprint density at radius 3 is 3.08 bits per heavy atom. The van der Waals surface area contributed by atoms with Crippen LogP contribution in [0.4, 0.5) is 0 Å². The lowest BCUT2D eigenvalue weighted by Crippen LogP contribution is -2.31. The third kappa shape index (κ3) is 4.66. The fourth-order valence-corrected chi connectivity index (χ4v) is 3.60. The van der Waals surface area contributed by atoms with E-state index in [9.17, 15) is 4.79 Å². The van der Waals surface area contributed by atoms with Crippen molar-refractivity contribution in [2.45, 2.75) is 38.5 Å². The Labute approximate surface area is 147 Å². The van der Waals surface area contributed by atoms with Crippen molar-refractivity contribution >= 4 is 17.2 Å². The van der Waals surface area contributed by atoms with Gasteiger partial charge >= 0.3 is 0 Å². The second-order valence-electron chi connectivity index (χ2n) is 6.20. The molecule has 1 aromatic carbocycles. The number of carbonyl (C=O) groups is 1. The summed E-state index contributed by atoms with van der Waals surface area (Å²) < 4.78 is 5.54. The summed E-state index contributed by atoms with van der Waals surface area (Å²) >= 11 is 1.71. The smallest absolute Gasteiger partial charge is 0.251 e. The molecule has 5 heteroatoms. The maximum atomic E-state index is 12.3. The highest BCUT2D eigenvalue weighted by atomic mass is 32.1. The molecule has 24 heavy (non-hydrogen) atoms. The molecular formula is C19H24N2O2S. The second kappa shape index (κ2) is 8.42. The number of rotatable bonds is 7. The Hall–Kier alpha value is -1.69. The van der Waals surface area contributed by atoms with Gasteiger partial charge in [0.2, 0.25) is 0 Å². The number of carbonyl (C=O) groups excluding carboxylic acids is 1. The van der Waals surface area contributed by atoms with Crippen LogP contribution in [0.3, 0.4) is 0 Å². The first-order valence-electron chi connectivity index (χ1n) is 8.46. The van der Waals surface area contributed by atoms with E-state index in [-0.39, 0.29) is 12.0 Å². The monoisotopic (exact) mass is 344 g/mol. The summed E-state index contributed by atoms with van der Waals surface area (Å²) in [6, 6.07) is 10.2. The van der Waals surface area contributed by atoms with Gasteiger partial charge in [-0.1, -0.05) is 12.1 Å². The number of thiophene rings is 1. The van der Waals surface area contributed by atoms with Crippen LogP contribution in [0.1, 0.15) is 47.3 Å². The predicted molar refractivity (Wildman–Crippen MR) is 97.3 cm³/mol. The lowest BCUT2D eigenvalue weighted by atomic mass is 10.1. The Morgan fingerprint density at radius 1 is 1.42 bits per heavy atom. The van der Waals surface area contributed by atoms with Gasteiger partial charge in [-0.05, 0) is 59.9 Å². The van der Waals surface area contributed by atoms with E-state index < -0.39 is 0 Å². The van der Waals surface area contributed by atoms with Crippen LogP contribution in [0.2, 0.25) is 0 Å². The maximum absolute atomic E-state index is 12.3. The van der Waals surface area contributed by atoms with Crippen molar-refractivity contribution in [2.24, 2.45) is 0 Å². The van der Waals surface area contributed by atoms with Gasteiger partial charge < -0.3 is 15.4 Å². The minimum absolute atomic E-state index is 0.0294. The Morgan fingerprint density at radius 2 is 2.33 bits per heavy atom. The zero-order valence-corrected chi connectivity index (χ0v) is 14.8. The van der Waals surface area contributed by atoms with Crippen molar-refractivity contribution < 1.29 is 9.53 Å². The van der Waals surface area contributed by atoms with Crippen molar-refractivity contribution in [1.29, 1.82) is 0 Å². The summed E-state index contributed by atoms with van der Waals surface area (Å²) in [6.07, 6.45) is 2.29. The molecule has 2 atom stereocenters. The van der Waals surface area contributed by atoms with Crippen molar-refractivity contribution in [2.75, 3.05) is 13.2 Å². The molecule has 1 aromatic heterocycles. The minimum atomic E-state index is -0.0294. The highest BCUT2D eigenvalue weighted by molar-refractivity contribution is 7.07. The number of hydrogen-bond acceptors (Lipinski definition) is 4. The molecule has 0 aliphatic carbocycles. The summed E-state index contributed by atoms with van der Waals surface area (Å²) in [5.74, 6) is -0.0294. The first kappa shape index (κ1) is 17.1. The molecule has 0 bridgehead atoms. The van der Waals surface area contributed by atoms with Gasteiger partial charge in [0.1, 0.15) is 0 Å². The Bertz CT molecular complexity index is 651. The average Bonchev–Trinajstić information content (AvgIpc) is 3.31. The third-order valence-electron chi connectivity index (χ3n) is 4.36. The van der Waals surface area contributed by atoms with Crippen LogP contribution in [-0.2, 0) is 11.3 Å². The lowest BCUT2D eigenvalue weighted by molar-refractivity contribution is 0.0857. The number of ether oxygens (including phenoxy) is 1. The molecule has 0 saturated carbocycles. The molecule has 1 fully saturated rings. The largest absolute Gasteiger partial charge is 0.376 e. The van der Waals surface area contributed by atoms with E-state index in [4.69, 9.17) is 4.74 Å². The van der Waals surface area contributed by atoms with E-state index in [2.05, 4.69) is 34.4 Å². The van der Waals surface area contributed by atoms with Gasteiger partial charge in [-0.15, -0.1) is 0 Å². The number of benzene rings is 1. The molecule has 1 aliphatic heterocycles. The van der Waals surface area contributed by atoms with E-state index in [1.807, 2.05) is 24.3 Å². The Balaban J connectivity index is 1.52. The van der Waals surface area contributed by atoms with E-state index in [1.54, 1.807) is 11.3 Å². The summed E-state index contributed by atoms with van der Waals surface area (Å²) in [4.78, 5) is 12.3. The van der Waals surface area contributed by atoms with Crippen LogP contribution in [-0.4, -0.2) is 25.2 Å². The molecule has 128 valence electrons. The van der Waals surface area contributed by atoms with Crippen molar-refractivity contribution in [3.05, 3.63) is 57.8 Å². The fourth-order valence-electron chi connectivity index (χ4n) is 2.85. The van der Waals surface area contributed by atoms with Crippen LogP contribution in [0.15, 0.2) is 41.1 Å². The first-order chi connectivity index (χ1) is 11.7. The number of hydrogen-bond donors (Lipinski definition) is 2. The molecule has 1 saturated heterocycles. The molecule has 2 aromatic rings. The SMILES string of the molecule is C[C@@H](NCc1cccc(C(=O)NC[C@@H]2CCCO2)c1)c1ccsc1. The molecule has 4 nitrogen and oxygen atoms in total. The van der Waals surface area contributed by atoms with E-state index in [0.717, 1.165) is 31.6 Å². The zero-order chi connectivity index (χ0) is 16.8. The van der Waals surface area contributed by atoms with Crippen molar-refractivity contribution in [3.8, 4) is 0 Å². The highest BCUT2D eigenvalue weighted by Gasteiger charge is 2.16. The molecule has 0 spiro atoms. The second-order valence-corrected chi connectivity index (χ2v) is 6.98. The van der Waals surface area contributed by atoms with Crippen LogP contribution in [0, 0.1) is 0 Å². The van der Waals surface area contributed by atoms with Gasteiger partial charge in [-0.25, -0.2) is 0 Å². The van der Waals surface area contributed by atoms with Crippen LogP contribution in [0.25, 0.3) is 0 Å². The molecular weight excluding hydrogens is 320 g/mol. The lowest BCUT2D eigenvalue weighted by Gasteiger charge is -2.14. The average molecular weight is 344 g/mol. The summed E-state index contributed by atoms with van der Waals surface area (Å²) in [5.41, 5.74) is 3.11. The topological polar surface area (TPSA) is 50.4 Å². The quantitative estimate of drug-likeness (QED) is 0.808. The normalized spacial score (nSPS) is 18.5. The molecule has 2 heterocycles. The fraction of sp³-hybridized carbons (Fsp3) is 0.421. The maximum Gasteiger partial charge on any atom is 0.251 e. The number of nitrogens with one attached hydrogen (secondary N) is 2. The van der Waals surface area contributed by atoms with Crippen LogP contribution in [0.5, 0.6) is 0 Å². The molecule has 3 rings (SSSR count). The standard InChI is InChI=1S/C19H24N2O2S/c1-14(17-7-9-24-13-17)20-11-15-4-2-5-16(10-15)19(22)21-12-18-6-3-8-23-18/h2,4-5,7,9-10,13-14,18,20H,3,6,8,11-12H2,1H3,(H,21,22)/t14-,18+/m1/s1. The third-order valence-corrected chi connectivity index (χ3v) is 5.06. The van der Waals surface area contributed by atoms with E-state index in [1.165, 1.54) is 5.56 Å². The Kier molecular flexibility index (Phi) is 6.01. The van der Waals surface area contributed by atoms with Crippen LogP contribution < -0.4 is 10.6 Å². The molecule has 1 amide bonds. The zero-order valence-electron chi connectivity index (χ0n) is 14.0. The summed E-state index contributed by atoms with van der Waals surface area (Å²) in [6.45, 7) is 4.30. The van der Waals surface area contributed by atoms with Gasteiger partial charge in [0.25, 0.3) is 5.91 Å². The van der Waals surface area contributed by atoms with Gasteiger partial charge in [0, 0.05) is 31.3 Å². The first-order valence-corrected chi connectivity index (χ1v) is 9.41. The van der Waals surface area contributed by atoms with Gasteiger partial charge in [0.15, 0.2) is 0 Å². The van der Waals surface area contributed by atoms with Gasteiger partial charge in [-0.2, -0.15) is 11.3 Å². The van der Waals surface area contributed by atoms with Gasteiger partial charge in [-0.3, -0.25) is 4.79 Å². The number of amides is 1. The summed E-state index contributed by atoms with van der Waals surface area (Å²) in [7, 11) is 0. The van der Waals surface area contributed by atoms with Crippen molar-refractivity contribution in [3.63, 3.8) is 0 Å². The van der Waals surface area contributed by atoms with Gasteiger partial charge in [0.05, 0.1) is 6.10 Å². The highest BCUT2D eigenvalue weighted by Crippen LogP contribution is 2.16. The predicted octanol–water partition coefficient (Wildman–Crippen LogP) is 3.51. The molecule has 0 radical (unpaired) electrons. The van der Waals surface area contributed by atoms with E-state index >= 15 is 0 Å². The van der Waals surface area contributed by atoms with E-state index in [0.29, 0.717) is 18.2 Å². The molecule has 0 unspecified atom stereocenters. The molecule has 2 N–H and O–H groups in total. The molecule has 1 aliphatic rings. The van der Waals surface area contributed by atoms with Crippen LogP contribution >= 0.6 is 11.3 Å².